The third kappa shape index (κ3) is 7.87. The van der Waals surface area contributed by atoms with Crippen molar-refractivity contribution in [2.75, 3.05) is 12.8 Å². The predicted octanol–water partition coefficient (Wildman–Crippen LogP) is 2.91. The number of aromatic nitrogens is 2. The first-order valence-corrected chi connectivity index (χ1v) is 15.7. The average molecular weight is 647 g/mol. The van der Waals surface area contributed by atoms with Gasteiger partial charge in [-0.2, -0.15) is 0 Å². The molecule has 3 aromatic rings. The van der Waals surface area contributed by atoms with Gasteiger partial charge >= 0.3 is 19.3 Å². The Kier molecular flexibility index (Phi) is 10.5. The molecule has 2 aromatic carbocycles. The number of nitrogens with one attached hydrogen (secondary N) is 1. The lowest BCUT2D eigenvalue weighted by atomic mass is 9.95. The number of aliphatic hydroxyl groups is 2. The number of halogens is 1. The number of terminal acetylenes is 1. The summed E-state index contributed by atoms with van der Waals surface area (Å²) < 4.78 is 38.0. The first-order valence-electron chi connectivity index (χ1n) is 13.6. The third-order valence-electron chi connectivity index (χ3n) is 6.77. The number of rotatable bonds is 12. The molecule has 3 N–H and O–H groups in total. The molecule has 6 atom stereocenters. The van der Waals surface area contributed by atoms with Gasteiger partial charge in [-0.1, -0.05) is 47.9 Å². The molecule has 12 nitrogen and oxygen atoms in total. The fourth-order valence-electron chi connectivity index (χ4n) is 4.63. The molecule has 0 saturated carbocycles. The first-order chi connectivity index (χ1) is 20.8. The number of hydrogen-bond donors (Lipinski definition) is 3. The minimum absolute atomic E-state index is 0.124. The molecule has 0 aliphatic carbocycles. The van der Waals surface area contributed by atoms with Gasteiger partial charge in [0.1, 0.15) is 18.0 Å². The van der Waals surface area contributed by atoms with E-state index in [0.717, 1.165) is 22.4 Å². The number of ether oxygens (including phenoxy) is 2. The van der Waals surface area contributed by atoms with Gasteiger partial charge < -0.3 is 24.2 Å². The van der Waals surface area contributed by atoms with E-state index in [2.05, 4.69) is 0 Å². The lowest BCUT2D eigenvalue weighted by Crippen LogP contribution is -2.48. The maximum absolute atomic E-state index is 14.4. The highest BCUT2D eigenvalue weighted by Crippen LogP contribution is 2.51. The highest BCUT2D eigenvalue weighted by molar-refractivity contribution is 7.54. The van der Waals surface area contributed by atoms with Crippen molar-refractivity contribution in [1.29, 1.82) is 0 Å². The molecule has 1 aromatic heterocycles. The molecule has 2 heterocycles. The highest BCUT2D eigenvalue weighted by Gasteiger charge is 2.56. The summed E-state index contributed by atoms with van der Waals surface area (Å²) in [5.74, 6) is 0.577. The van der Waals surface area contributed by atoms with Crippen molar-refractivity contribution in [2.24, 2.45) is 5.92 Å². The minimum Gasteiger partial charge on any atom is -0.463 e. The van der Waals surface area contributed by atoms with E-state index in [1.807, 2.05) is 29.1 Å². The number of carbonyl (C=O) groups is 1. The number of aromatic amines is 1. The van der Waals surface area contributed by atoms with Crippen molar-refractivity contribution >= 4 is 25.2 Å². The number of benzene rings is 2. The molecule has 44 heavy (non-hydrogen) atoms. The fourth-order valence-corrected chi connectivity index (χ4v) is 6.62. The van der Waals surface area contributed by atoms with Gasteiger partial charge in [-0.3, -0.25) is 23.7 Å². The Balaban J connectivity index is 1.63. The summed E-state index contributed by atoms with van der Waals surface area (Å²) in [7, 11) is -4.27. The molecule has 1 unspecified atom stereocenters. The van der Waals surface area contributed by atoms with Crippen LogP contribution in [0.1, 0.15) is 25.6 Å². The number of aliphatic hydroxyl groups excluding tert-OH is 1. The summed E-state index contributed by atoms with van der Waals surface area (Å²) in [6.45, 7) is 2.74. The van der Waals surface area contributed by atoms with E-state index >= 15 is 0 Å². The summed E-state index contributed by atoms with van der Waals surface area (Å²) in [5.41, 5.74) is -3.31. The van der Waals surface area contributed by atoms with Crippen LogP contribution in [0.5, 0.6) is 5.75 Å². The van der Waals surface area contributed by atoms with Crippen LogP contribution in [-0.2, 0) is 29.8 Å². The predicted molar refractivity (Wildman–Crippen MR) is 160 cm³/mol. The number of nitrogens with zero attached hydrogens (tertiary/aromatic N) is 1. The van der Waals surface area contributed by atoms with Crippen LogP contribution in [0.25, 0.3) is 0 Å². The van der Waals surface area contributed by atoms with Gasteiger partial charge in [0, 0.05) is 17.3 Å². The van der Waals surface area contributed by atoms with E-state index in [1.54, 1.807) is 26.0 Å². The van der Waals surface area contributed by atoms with Gasteiger partial charge in [-0.25, -0.2) is 9.36 Å². The van der Waals surface area contributed by atoms with Crippen molar-refractivity contribution in [3.63, 3.8) is 0 Å². The highest BCUT2D eigenvalue weighted by atomic mass is 35.5. The lowest BCUT2D eigenvalue weighted by molar-refractivity contribution is -0.151. The van der Waals surface area contributed by atoms with Crippen LogP contribution >= 0.6 is 19.2 Å². The zero-order valence-electron chi connectivity index (χ0n) is 23.9. The van der Waals surface area contributed by atoms with Crippen LogP contribution in [-0.4, -0.2) is 62.4 Å². The van der Waals surface area contributed by atoms with Crippen LogP contribution in [0.3, 0.4) is 0 Å². The average Bonchev–Trinajstić information content (AvgIpc) is 3.23. The van der Waals surface area contributed by atoms with Crippen molar-refractivity contribution in [3.8, 4) is 18.1 Å². The Labute approximate surface area is 258 Å². The summed E-state index contributed by atoms with van der Waals surface area (Å²) in [6.07, 6.45) is 0.968. The molecule has 1 fully saturated rings. The smallest absolute Gasteiger partial charge is 0.380 e. The Bertz CT molecular complexity index is 1650. The Morgan fingerprint density at radius 3 is 2.48 bits per heavy atom. The van der Waals surface area contributed by atoms with Crippen LogP contribution in [0, 0.1) is 18.3 Å². The molecular weight excluding hydrogens is 615 g/mol. The quantitative estimate of drug-likeness (QED) is 0.151. The summed E-state index contributed by atoms with van der Waals surface area (Å²) in [6, 6.07) is 16.0. The standard InChI is InChI=1S/C30H32ClN2O10P/c1-4-30(38)26(35)24(42-28(30)33-15-14-25(34)32-29(33)37)17-40-44(39,43-23-12-10-22(31)11-13-23)18-21(27(36)41-19(2)3)16-20-8-6-5-7-9-20/h1,5-15,19,21,24,26,28,35,38H,16-18H2,2-3H3,(H,32,34,37)/t21-,24-,26-,28-,30-,44?/m1/s1. The Morgan fingerprint density at radius 2 is 1.86 bits per heavy atom. The second-order valence-electron chi connectivity index (χ2n) is 10.5. The number of H-pyrrole nitrogens is 1. The van der Waals surface area contributed by atoms with E-state index in [1.165, 1.54) is 24.3 Å². The normalized spacial score (nSPS) is 23.4. The van der Waals surface area contributed by atoms with Crippen molar-refractivity contribution < 1.29 is 38.1 Å². The molecule has 1 aliphatic heterocycles. The van der Waals surface area contributed by atoms with Crippen LogP contribution in [0.4, 0.5) is 0 Å². The third-order valence-corrected chi connectivity index (χ3v) is 8.94. The van der Waals surface area contributed by atoms with Gasteiger partial charge in [0.2, 0.25) is 0 Å². The van der Waals surface area contributed by atoms with E-state index in [4.69, 9.17) is 36.5 Å². The number of carbonyl (C=O) groups excluding carboxylic acids is 1. The van der Waals surface area contributed by atoms with Crippen molar-refractivity contribution in [2.45, 2.75) is 50.4 Å². The molecule has 234 valence electrons. The minimum atomic E-state index is -4.27. The van der Waals surface area contributed by atoms with Gasteiger partial charge in [0.25, 0.3) is 5.56 Å². The fraction of sp³-hybridized carbons (Fsp3) is 0.367. The van der Waals surface area contributed by atoms with Crippen LogP contribution in [0.15, 0.2) is 76.4 Å². The van der Waals surface area contributed by atoms with Gasteiger partial charge in [-0.05, 0) is 50.1 Å². The van der Waals surface area contributed by atoms with Crippen LogP contribution < -0.4 is 15.8 Å². The zero-order valence-corrected chi connectivity index (χ0v) is 25.5. The molecule has 1 aliphatic rings. The maximum Gasteiger partial charge on any atom is 0.380 e. The molecule has 4 rings (SSSR count). The maximum atomic E-state index is 14.4. The Morgan fingerprint density at radius 1 is 1.18 bits per heavy atom. The summed E-state index contributed by atoms with van der Waals surface area (Å²) in [4.78, 5) is 39.2. The van der Waals surface area contributed by atoms with Crippen molar-refractivity contribution in [1.82, 2.24) is 9.55 Å². The van der Waals surface area contributed by atoms with E-state index in [-0.39, 0.29) is 12.2 Å². The molecule has 14 heteroatoms. The van der Waals surface area contributed by atoms with E-state index < -0.39 is 73.6 Å². The summed E-state index contributed by atoms with van der Waals surface area (Å²) in [5, 5.41) is 22.5. The molecular formula is C30H32ClN2O10P. The Hall–Kier alpha value is -3.69. The lowest BCUT2D eigenvalue weighted by Gasteiger charge is -2.26. The molecule has 0 bridgehead atoms. The van der Waals surface area contributed by atoms with E-state index in [0.29, 0.717) is 5.02 Å². The van der Waals surface area contributed by atoms with Gasteiger partial charge in [-0.15, -0.1) is 6.42 Å². The second kappa shape index (κ2) is 13.9. The zero-order chi connectivity index (χ0) is 32.1. The van der Waals surface area contributed by atoms with Crippen molar-refractivity contribution in [3.05, 3.63) is 98.3 Å². The SMILES string of the molecule is C#C[C@@]1(O)[C@H](O)[C@@H](COP(=O)(C[C@@H](Cc2ccccc2)C(=O)OC(C)C)Oc2ccc(Cl)cc2)O[C@H]1n1ccc(=O)[nH]c1=O. The second-order valence-corrected chi connectivity index (χ2v) is 12.9. The monoisotopic (exact) mass is 646 g/mol. The molecule has 0 radical (unpaired) electrons. The van der Waals surface area contributed by atoms with Gasteiger partial charge in [0.15, 0.2) is 11.8 Å². The number of hydrogen-bond acceptors (Lipinski definition) is 10. The van der Waals surface area contributed by atoms with E-state index in [9.17, 15) is 29.2 Å². The number of esters is 1. The summed E-state index contributed by atoms with van der Waals surface area (Å²) >= 11 is 5.99. The van der Waals surface area contributed by atoms with Crippen LogP contribution in [0.2, 0.25) is 5.02 Å². The topological polar surface area (TPSA) is 166 Å². The van der Waals surface area contributed by atoms with Gasteiger partial charge in [0.05, 0.1) is 24.8 Å². The molecule has 0 amide bonds. The molecule has 1 saturated heterocycles. The first kappa shape index (κ1) is 33.2. The molecule has 0 spiro atoms. The largest absolute Gasteiger partial charge is 0.463 e.